The molecule has 0 saturated heterocycles. The van der Waals surface area contributed by atoms with Crippen molar-refractivity contribution in [3.63, 3.8) is 0 Å². The Bertz CT molecular complexity index is 338. The minimum absolute atomic E-state index is 0.148. The Morgan fingerprint density at radius 1 is 1.54 bits per heavy atom. The van der Waals surface area contributed by atoms with Gasteiger partial charge in [0, 0.05) is 5.41 Å². The van der Waals surface area contributed by atoms with Crippen molar-refractivity contribution in [2.75, 3.05) is 0 Å². The number of halogens is 1. The van der Waals surface area contributed by atoms with E-state index in [0.29, 0.717) is 10.2 Å². The Balaban J connectivity index is 3.22. The summed E-state index contributed by atoms with van der Waals surface area (Å²) in [7, 11) is 0. The number of nitrogens with zero attached hydrogens (tertiary/aromatic N) is 1. The van der Waals surface area contributed by atoms with E-state index in [1.54, 1.807) is 0 Å². The number of aromatic carboxylic acids is 1. The highest BCUT2D eigenvalue weighted by Crippen LogP contribution is 2.31. The molecule has 0 aliphatic rings. The fourth-order valence-electron chi connectivity index (χ4n) is 0.878. The number of carbonyl (C=O) groups is 1. The van der Waals surface area contributed by atoms with Crippen molar-refractivity contribution >= 4 is 21.9 Å². The van der Waals surface area contributed by atoms with Gasteiger partial charge in [0.15, 0.2) is 0 Å². The molecule has 1 heterocycles. The van der Waals surface area contributed by atoms with Crippen LogP contribution in [-0.4, -0.2) is 16.2 Å². The molecule has 72 valence electrons. The zero-order chi connectivity index (χ0) is 10.2. The molecule has 1 rings (SSSR count). The molecule has 0 spiro atoms. The minimum atomic E-state index is -1.12. The number of aromatic nitrogens is 1. The summed E-state index contributed by atoms with van der Waals surface area (Å²) in [6.45, 7) is 5.80. The van der Waals surface area contributed by atoms with Crippen LogP contribution in [0.15, 0.2) is 9.00 Å². The highest BCUT2D eigenvalue weighted by atomic mass is 79.9. The molecule has 0 unspecified atom stereocenters. The zero-order valence-corrected chi connectivity index (χ0v) is 9.17. The van der Waals surface area contributed by atoms with Gasteiger partial charge in [-0.25, -0.2) is 4.79 Å². The van der Waals surface area contributed by atoms with Gasteiger partial charge in [0.25, 0.3) is 5.76 Å². The van der Waals surface area contributed by atoms with Gasteiger partial charge in [-0.2, -0.15) is 0 Å². The van der Waals surface area contributed by atoms with Crippen molar-refractivity contribution in [3.8, 4) is 0 Å². The van der Waals surface area contributed by atoms with E-state index in [9.17, 15) is 4.79 Å². The molecule has 0 atom stereocenters. The molecule has 1 aromatic rings. The van der Waals surface area contributed by atoms with Gasteiger partial charge in [0.2, 0.25) is 0 Å². The lowest BCUT2D eigenvalue weighted by Gasteiger charge is -2.13. The second-order valence-corrected chi connectivity index (χ2v) is 4.52. The third-order valence-electron chi connectivity index (χ3n) is 1.54. The third-order valence-corrected chi connectivity index (χ3v) is 2.28. The molecular formula is C8H10BrNO3. The number of carboxylic acids is 1. The van der Waals surface area contributed by atoms with E-state index >= 15 is 0 Å². The van der Waals surface area contributed by atoms with E-state index in [1.807, 2.05) is 20.8 Å². The Kier molecular flexibility index (Phi) is 2.47. The van der Waals surface area contributed by atoms with Crippen molar-refractivity contribution in [2.24, 2.45) is 0 Å². The topological polar surface area (TPSA) is 63.3 Å². The molecule has 1 N–H and O–H groups in total. The van der Waals surface area contributed by atoms with Crippen LogP contribution in [0.1, 0.15) is 37.0 Å². The summed E-state index contributed by atoms with van der Waals surface area (Å²) in [5.74, 6) is -1.26. The molecule has 0 aromatic carbocycles. The molecule has 0 radical (unpaired) electrons. The average molecular weight is 248 g/mol. The van der Waals surface area contributed by atoms with Gasteiger partial charge in [-0.1, -0.05) is 25.9 Å². The lowest BCUT2D eigenvalue weighted by atomic mass is 9.92. The Labute approximate surface area is 84.0 Å². The van der Waals surface area contributed by atoms with Crippen LogP contribution >= 0.6 is 15.9 Å². The first kappa shape index (κ1) is 10.2. The van der Waals surface area contributed by atoms with Crippen LogP contribution in [0.25, 0.3) is 0 Å². The molecule has 0 amide bonds. The van der Waals surface area contributed by atoms with Gasteiger partial charge in [0.1, 0.15) is 5.69 Å². The second kappa shape index (κ2) is 3.14. The average Bonchev–Trinajstić information content (AvgIpc) is 2.28. The molecule has 0 bridgehead atoms. The standard InChI is InChI=1S/C8H10BrNO3/c1-8(2,3)6-4(9)5(7(11)12)13-10-6/h1-3H3,(H,11,12). The molecule has 0 saturated carbocycles. The van der Waals surface area contributed by atoms with Crippen LogP contribution in [0.3, 0.4) is 0 Å². The van der Waals surface area contributed by atoms with Crippen LogP contribution in [0, 0.1) is 0 Å². The normalized spacial score (nSPS) is 11.7. The molecular weight excluding hydrogens is 238 g/mol. The molecule has 0 aliphatic heterocycles. The molecule has 4 nitrogen and oxygen atoms in total. The third kappa shape index (κ3) is 1.91. The largest absolute Gasteiger partial charge is 0.475 e. The van der Waals surface area contributed by atoms with Crippen molar-refractivity contribution in [1.82, 2.24) is 5.16 Å². The van der Waals surface area contributed by atoms with Gasteiger partial charge in [-0.05, 0) is 15.9 Å². The fraction of sp³-hybridized carbons (Fsp3) is 0.500. The van der Waals surface area contributed by atoms with Gasteiger partial charge in [-0.15, -0.1) is 0 Å². The monoisotopic (exact) mass is 247 g/mol. The van der Waals surface area contributed by atoms with E-state index in [1.165, 1.54) is 0 Å². The first-order chi connectivity index (χ1) is 5.84. The second-order valence-electron chi connectivity index (χ2n) is 3.73. The molecule has 13 heavy (non-hydrogen) atoms. The quantitative estimate of drug-likeness (QED) is 0.828. The van der Waals surface area contributed by atoms with Crippen LogP contribution in [0.4, 0.5) is 0 Å². The summed E-state index contributed by atoms with van der Waals surface area (Å²) < 4.78 is 5.11. The Hall–Kier alpha value is -0.840. The Morgan fingerprint density at radius 3 is 2.31 bits per heavy atom. The predicted octanol–water partition coefficient (Wildman–Crippen LogP) is 2.43. The first-order valence-corrected chi connectivity index (χ1v) is 4.52. The van der Waals surface area contributed by atoms with Crippen molar-refractivity contribution < 1.29 is 14.4 Å². The molecule has 0 aliphatic carbocycles. The maximum absolute atomic E-state index is 10.6. The van der Waals surface area contributed by atoms with Crippen molar-refractivity contribution in [2.45, 2.75) is 26.2 Å². The van der Waals surface area contributed by atoms with Crippen LogP contribution in [-0.2, 0) is 5.41 Å². The smallest absolute Gasteiger partial charge is 0.375 e. The van der Waals surface area contributed by atoms with Crippen molar-refractivity contribution in [1.29, 1.82) is 0 Å². The highest BCUT2D eigenvalue weighted by molar-refractivity contribution is 9.10. The first-order valence-electron chi connectivity index (χ1n) is 3.73. The van der Waals surface area contributed by atoms with Crippen LogP contribution in [0.2, 0.25) is 0 Å². The van der Waals surface area contributed by atoms with Crippen LogP contribution in [0.5, 0.6) is 0 Å². The van der Waals surface area contributed by atoms with Gasteiger partial charge in [-0.3, -0.25) is 0 Å². The van der Waals surface area contributed by atoms with Gasteiger partial charge >= 0.3 is 5.97 Å². The van der Waals surface area contributed by atoms with E-state index in [2.05, 4.69) is 25.6 Å². The molecule has 1 aromatic heterocycles. The number of hydrogen-bond acceptors (Lipinski definition) is 3. The summed E-state index contributed by atoms with van der Waals surface area (Å²) in [6, 6.07) is 0. The zero-order valence-electron chi connectivity index (χ0n) is 7.59. The van der Waals surface area contributed by atoms with Crippen molar-refractivity contribution in [3.05, 3.63) is 15.9 Å². The number of rotatable bonds is 1. The summed E-state index contributed by atoms with van der Waals surface area (Å²) in [6.07, 6.45) is 0. The van der Waals surface area contributed by atoms with Gasteiger partial charge in [0.05, 0.1) is 4.47 Å². The van der Waals surface area contributed by atoms with E-state index in [0.717, 1.165) is 0 Å². The maximum Gasteiger partial charge on any atom is 0.375 e. The summed E-state index contributed by atoms with van der Waals surface area (Å²) in [5, 5.41) is 12.4. The summed E-state index contributed by atoms with van der Waals surface area (Å²) >= 11 is 3.15. The summed E-state index contributed by atoms with van der Waals surface area (Å²) in [4.78, 5) is 10.6. The maximum atomic E-state index is 10.6. The summed E-state index contributed by atoms with van der Waals surface area (Å²) in [5.41, 5.74) is 0.389. The highest BCUT2D eigenvalue weighted by Gasteiger charge is 2.27. The van der Waals surface area contributed by atoms with E-state index in [-0.39, 0.29) is 11.2 Å². The van der Waals surface area contributed by atoms with E-state index < -0.39 is 5.97 Å². The fourth-order valence-corrected chi connectivity index (χ4v) is 1.79. The number of carboxylic acid groups (broad SMARTS) is 1. The lowest BCUT2D eigenvalue weighted by Crippen LogP contribution is -2.12. The minimum Gasteiger partial charge on any atom is -0.475 e. The van der Waals surface area contributed by atoms with Gasteiger partial charge < -0.3 is 9.63 Å². The van der Waals surface area contributed by atoms with E-state index in [4.69, 9.17) is 5.11 Å². The van der Waals surface area contributed by atoms with Crippen LogP contribution < -0.4 is 0 Å². The Morgan fingerprint density at radius 2 is 2.08 bits per heavy atom. The SMILES string of the molecule is CC(C)(C)c1noc(C(=O)O)c1Br. The number of hydrogen-bond donors (Lipinski definition) is 1. The predicted molar refractivity (Wildman–Crippen MR) is 49.9 cm³/mol. The molecule has 0 fully saturated rings. The lowest BCUT2D eigenvalue weighted by molar-refractivity contribution is 0.0650. The molecule has 5 heteroatoms.